The van der Waals surface area contributed by atoms with E-state index >= 15 is 0 Å². The van der Waals surface area contributed by atoms with Gasteiger partial charge in [0.05, 0.1) is 10.4 Å². The molecule has 1 aliphatic rings. The lowest BCUT2D eigenvalue weighted by molar-refractivity contribution is -0.0882. The number of benzene rings is 1. The van der Waals surface area contributed by atoms with E-state index in [1.54, 1.807) is 41.3 Å². The van der Waals surface area contributed by atoms with E-state index in [1.807, 2.05) is 13.0 Å². The summed E-state index contributed by atoms with van der Waals surface area (Å²) in [7, 11) is 0. The standard InChI is InChI=1S/C24H19F3N4O2S/c1-15-14-30(21-8-5-16(12-28)13-29-21)9-10-31(15)23(33)18-4-2-3-17(11-18)19-6-7-20(34-19)22(32)24(25,26)27/h2-8,11,13,15H,9-10,14H2,1H3. The fraction of sp³-hybridized carbons (Fsp3) is 0.250. The third-order valence-electron chi connectivity index (χ3n) is 5.57. The molecule has 1 saturated heterocycles. The molecule has 1 unspecified atom stereocenters. The Morgan fingerprint density at radius 1 is 1.15 bits per heavy atom. The van der Waals surface area contributed by atoms with Crippen molar-refractivity contribution in [3.63, 3.8) is 0 Å². The average Bonchev–Trinajstić information content (AvgIpc) is 3.33. The monoisotopic (exact) mass is 484 g/mol. The molecule has 6 nitrogen and oxygen atoms in total. The Balaban J connectivity index is 1.48. The van der Waals surface area contributed by atoms with Crippen LogP contribution in [-0.2, 0) is 0 Å². The minimum atomic E-state index is -4.93. The van der Waals surface area contributed by atoms with Gasteiger partial charge in [0, 0.05) is 42.3 Å². The van der Waals surface area contributed by atoms with Crippen LogP contribution in [-0.4, -0.2) is 53.4 Å². The van der Waals surface area contributed by atoms with Gasteiger partial charge in [-0.25, -0.2) is 4.98 Å². The summed E-state index contributed by atoms with van der Waals surface area (Å²) in [6.45, 7) is 3.54. The number of anilines is 1. The molecule has 0 N–H and O–H groups in total. The molecular formula is C24H19F3N4O2S. The molecule has 1 atom stereocenters. The number of ketones is 1. The largest absolute Gasteiger partial charge is 0.455 e. The van der Waals surface area contributed by atoms with Gasteiger partial charge in [0.2, 0.25) is 0 Å². The van der Waals surface area contributed by atoms with Gasteiger partial charge in [0.15, 0.2) is 0 Å². The summed E-state index contributed by atoms with van der Waals surface area (Å²) in [5.74, 6) is -1.31. The van der Waals surface area contributed by atoms with Crippen molar-refractivity contribution in [2.45, 2.75) is 19.1 Å². The number of Topliss-reactive ketones (excluding diaryl/α,β-unsaturated/α-hetero) is 1. The minimum Gasteiger partial charge on any atom is -0.353 e. The number of nitriles is 1. The van der Waals surface area contributed by atoms with E-state index in [1.165, 1.54) is 12.3 Å². The molecule has 0 bridgehead atoms. The Hall–Kier alpha value is -3.71. The number of nitrogens with zero attached hydrogens (tertiary/aromatic N) is 4. The van der Waals surface area contributed by atoms with E-state index < -0.39 is 12.0 Å². The van der Waals surface area contributed by atoms with Crippen molar-refractivity contribution in [2.24, 2.45) is 0 Å². The molecule has 3 aromatic rings. The minimum absolute atomic E-state index is 0.111. The number of rotatable bonds is 4. The molecule has 10 heteroatoms. The highest BCUT2D eigenvalue weighted by Gasteiger charge is 2.40. The Morgan fingerprint density at radius 3 is 2.59 bits per heavy atom. The lowest BCUT2D eigenvalue weighted by Gasteiger charge is -2.40. The first-order valence-corrected chi connectivity index (χ1v) is 11.2. The number of halogens is 3. The van der Waals surface area contributed by atoms with E-state index in [2.05, 4.69) is 9.88 Å². The number of alkyl halides is 3. The van der Waals surface area contributed by atoms with Gasteiger partial charge in [-0.3, -0.25) is 9.59 Å². The second-order valence-corrected chi connectivity index (χ2v) is 8.97. The Bertz CT molecular complexity index is 1260. The van der Waals surface area contributed by atoms with Gasteiger partial charge in [-0.15, -0.1) is 11.3 Å². The summed E-state index contributed by atoms with van der Waals surface area (Å²) < 4.78 is 38.1. The van der Waals surface area contributed by atoms with Crippen LogP contribution in [0.1, 0.15) is 32.5 Å². The Kier molecular flexibility index (Phi) is 6.39. The number of piperazine rings is 1. The maximum atomic E-state index is 13.2. The zero-order chi connectivity index (χ0) is 24.5. The molecule has 0 aliphatic carbocycles. The lowest BCUT2D eigenvalue weighted by Crippen LogP contribution is -2.54. The number of hydrogen-bond acceptors (Lipinski definition) is 6. The molecule has 1 aliphatic heterocycles. The zero-order valence-electron chi connectivity index (χ0n) is 18.0. The molecule has 4 rings (SSSR count). The van der Waals surface area contributed by atoms with E-state index in [0.717, 1.165) is 23.2 Å². The number of carbonyl (C=O) groups is 2. The molecule has 0 spiro atoms. The molecule has 34 heavy (non-hydrogen) atoms. The van der Waals surface area contributed by atoms with E-state index in [0.29, 0.717) is 41.2 Å². The van der Waals surface area contributed by atoms with Gasteiger partial charge in [0.1, 0.15) is 11.9 Å². The molecule has 0 saturated carbocycles. The number of aromatic nitrogens is 1. The van der Waals surface area contributed by atoms with Crippen molar-refractivity contribution in [2.75, 3.05) is 24.5 Å². The molecule has 0 radical (unpaired) electrons. The van der Waals surface area contributed by atoms with Crippen LogP contribution in [0.5, 0.6) is 0 Å². The summed E-state index contributed by atoms with van der Waals surface area (Å²) in [4.78, 5) is 32.9. The highest BCUT2D eigenvalue weighted by molar-refractivity contribution is 7.17. The summed E-state index contributed by atoms with van der Waals surface area (Å²) >= 11 is 0.750. The van der Waals surface area contributed by atoms with Crippen molar-refractivity contribution in [1.29, 1.82) is 5.26 Å². The molecular weight excluding hydrogens is 465 g/mol. The van der Waals surface area contributed by atoms with Gasteiger partial charge in [0.25, 0.3) is 11.7 Å². The highest BCUT2D eigenvalue weighted by Crippen LogP contribution is 2.33. The maximum absolute atomic E-state index is 13.2. The van der Waals surface area contributed by atoms with E-state index in [-0.39, 0.29) is 16.8 Å². The first-order valence-electron chi connectivity index (χ1n) is 10.4. The van der Waals surface area contributed by atoms with Gasteiger partial charge in [-0.1, -0.05) is 12.1 Å². The summed E-state index contributed by atoms with van der Waals surface area (Å²) in [6, 6.07) is 14.7. The quantitative estimate of drug-likeness (QED) is 0.498. The van der Waals surface area contributed by atoms with Gasteiger partial charge < -0.3 is 9.80 Å². The van der Waals surface area contributed by atoms with Crippen molar-refractivity contribution in [3.05, 3.63) is 70.7 Å². The van der Waals surface area contributed by atoms with Crippen molar-refractivity contribution in [1.82, 2.24) is 9.88 Å². The highest BCUT2D eigenvalue weighted by atomic mass is 32.1. The molecule has 2 aromatic heterocycles. The van der Waals surface area contributed by atoms with Crippen LogP contribution in [0, 0.1) is 11.3 Å². The van der Waals surface area contributed by atoms with Crippen LogP contribution in [0.4, 0.5) is 19.0 Å². The van der Waals surface area contributed by atoms with Crippen LogP contribution in [0.15, 0.2) is 54.7 Å². The van der Waals surface area contributed by atoms with Crippen molar-refractivity contribution >= 4 is 28.8 Å². The van der Waals surface area contributed by atoms with Crippen LogP contribution >= 0.6 is 11.3 Å². The number of hydrogen-bond donors (Lipinski definition) is 0. The second kappa shape index (κ2) is 9.27. The predicted octanol–water partition coefficient (Wildman–Crippen LogP) is 4.78. The van der Waals surface area contributed by atoms with E-state index in [9.17, 15) is 22.8 Å². The van der Waals surface area contributed by atoms with E-state index in [4.69, 9.17) is 5.26 Å². The first kappa shape index (κ1) is 23.4. The SMILES string of the molecule is CC1CN(c2ccc(C#N)cn2)CCN1C(=O)c1cccc(-c2ccc(C(=O)C(F)(F)F)s2)c1. The van der Waals surface area contributed by atoms with Crippen LogP contribution < -0.4 is 4.90 Å². The fourth-order valence-corrected chi connectivity index (χ4v) is 4.80. The van der Waals surface area contributed by atoms with Crippen LogP contribution in [0.3, 0.4) is 0 Å². The number of pyridine rings is 1. The third-order valence-corrected chi connectivity index (χ3v) is 6.70. The smallest absolute Gasteiger partial charge is 0.353 e. The van der Waals surface area contributed by atoms with Gasteiger partial charge >= 0.3 is 6.18 Å². The fourth-order valence-electron chi connectivity index (χ4n) is 3.83. The molecule has 1 aromatic carbocycles. The molecule has 3 heterocycles. The maximum Gasteiger partial charge on any atom is 0.455 e. The topological polar surface area (TPSA) is 77.3 Å². The second-order valence-electron chi connectivity index (χ2n) is 7.88. The van der Waals surface area contributed by atoms with Crippen molar-refractivity contribution < 1.29 is 22.8 Å². The summed E-state index contributed by atoms with van der Waals surface area (Å²) in [5.41, 5.74) is 1.47. The summed E-state index contributed by atoms with van der Waals surface area (Å²) in [5, 5.41) is 8.93. The van der Waals surface area contributed by atoms with Gasteiger partial charge in [-0.05, 0) is 48.9 Å². The zero-order valence-corrected chi connectivity index (χ0v) is 18.9. The molecule has 1 fully saturated rings. The number of amides is 1. The predicted molar refractivity (Wildman–Crippen MR) is 122 cm³/mol. The Morgan fingerprint density at radius 2 is 1.94 bits per heavy atom. The van der Waals surface area contributed by atoms with Crippen LogP contribution in [0.2, 0.25) is 0 Å². The molecule has 1 amide bonds. The first-order chi connectivity index (χ1) is 16.2. The third kappa shape index (κ3) is 4.79. The lowest BCUT2D eigenvalue weighted by atomic mass is 10.1. The number of carbonyl (C=O) groups excluding carboxylic acids is 2. The number of thiophene rings is 1. The molecule has 174 valence electrons. The average molecular weight is 485 g/mol. The summed E-state index contributed by atoms with van der Waals surface area (Å²) in [6.07, 6.45) is -3.41. The Labute approximate surface area is 197 Å². The van der Waals surface area contributed by atoms with Crippen LogP contribution in [0.25, 0.3) is 10.4 Å². The van der Waals surface area contributed by atoms with Crippen molar-refractivity contribution in [3.8, 4) is 16.5 Å². The normalized spacial score (nSPS) is 16.3. The van der Waals surface area contributed by atoms with Gasteiger partial charge in [-0.2, -0.15) is 18.4 Å².